The van der Waals surface area contributed by atoms with Crippen LogP contribution in [0.5, 0.6) is 17.2 Å². The second-order valence-corrected chi connectivity index (χ2v) is 8.03. The highest BCUT2D eigenvalue weighted by Crippen LogP contribution is 2.28. The highest BCUT2D eigenvalue weighted by molar-refractivity contribution is 5.76. The summed E-state index contributed by atoms with van der Waals surface area (Å²) >= 11 is 0. The molecule has 0 unspecified atom stereocenters. The van der Waals surface area contributed by atoms with Crippen molar-refractivity contribution in [2.24, 2.45) is 5.92 Å². The van der Waals surface area contributed by atoms with E-state index >= 15 is 0 Å². The summed E-state index contributed by atoms with van der Waals surface area (Å²) in [7, 11) is 3.22. The second-order valence-electron chi connectivity index (χ2n) is 8.03. The van der Waals surface area contributed by atoms with Crippen molar-refractivity contribution in [3.8, 4) is 28.6 Å². The predicted octanol–water partition coefficient (Wildman–Crippen LogP) is 4.43. The molecule has 1 aromatic heterocycles. The lowest BCUT2D eigenvalue weighted by Gasteiger charge is -2.13. The van der Waals surface area contributed by atoms with Crippen molar-refractivity contribution < 1.29 is 23.5 Å². The van der Waals surface area contributed by atoms with Crippen LogP contribution >= 0.6 is 0 Å². The molecular weight excluding hydrogens is 422 g/mol. The number of hydrogen-bond donors (Lipinski definition) is 1. The SMILES string of the molecule is COc1ccc(-c2noc(CCC(=O)NCc3ccc(OCCC(C)C)c(OC)c3)n2)cc1. The second kappa shape index (κ2) is 11.9. The van der Waals surface area contributed by atoms with E-state index in [1.165, 1.54) is 0 Å². The number of nitrogens with one attached hydrogen (secondary N) is 1. The number of ether oxygens (including phenoxy) is 3. The van der Waals surface area contributed by atoms with Gasteiger partial charge in [0.05, 0.1) is 20.8 Å². The third kappa shape index (κ3) is 7.24. The Kier molecular flexibility index (Phi) is 8.69. The molecule has 0 spiro atoms. The van der Waals surface area contributed by atoms with Gasteiger partial charge in [0.2, 0.25) is 17.6 Å². The van der Waals surface area contributed by atoms with Crippen LogP contribution in [0.4, 0.5) is 0 Å². The van der Waals surface area contributed by atoms with Crippen molar-refractivity contribution in [2.45, 2.75) is 39.7 Å². The van der Waals surface area contributed by atoms with Crippen molar-refractivity contribution in [3.05, 3.63) is 53.9 Å². The van der Waals surface area contributed by atoms with Crippen LogP contribution in [0.3, 0.4) is 0 Å². The number of hydrogen-bond acceptors (Lipinski definition) is 7. The van der Waals surface area contributed by atoms with Crippen LogP contribution in [0.2, 0.25) is 0 Å². The number of carbonyl (C=O) groups is 1. The van der Waals surface area contributed by atoms with Crippen LogP contribution in [0, 0.1) is 5.92 Å². The number of aryl methyl sites for hydroxylation is 1. The van der Waals surface area contributed by atoms with Crippen LogP contribution in [0.1, 0.15) is 38.1 Å². The first-order valence-corrected chi connectivity index (χ1v) is 11.0. The monoisotopic (exact) mass is 453 g/mol. The minimum Gasteiger partial charge on any atom is -0.497 e. The van der Waals surface area contributed by atoms with Gasteiger partial charge in [0.1, 0.15) is 5.75 Å². The quantitative estimate of drug-likeness (QED) is 0.433. The first-order valence-electron chi connectivity index (χ1n) is 11.0. The van der Waals surface area contributed by atoms with Gasteiger partial charge in [-0.2, -0.15) is 4.98 Å². The molecule has 33 heavy (non-hydrogen) atoms. The normalized spacial score (nSPS) is 10.8. The van der Waals surface area contributed by atoms with E-state index in [1.54, 1.807) is 14.2 Å². The maximum atomic E-state index is 12.3. The average molecular weight is 454 g/mol. The summed E-state index contributed by atoms with van der Waals surface area (Å²) in [6, 6.07) is 13.1. The molecule has 1 heterocycles. The molecule has 3 rings (SSSR count). The van der Waals surface area contributed by atoms with Crippen molar-refractivity contribution >= 4 is 5.91 Å². The predicted molar refractivity (Wildman–Crippen MR) is 124 cm³/mol. The van der Waals surface area contributed by atoms with Crippen LogP contribution in [-0.4, -0.2) is 36.9 Å². The fourth-order valence-electron chi connectivity index (χ4n) is 3.07. The molecule has 0 atom stereocenters. The topological polar surface area (TPSA) is 95.7 Å². The lowest BCUT2D eigenvalue weighted by Crippen LogP contribution is -2.23. The summed E-state index contributed by atoms with van der Waals surface area (Å²) in [4.78, 5) is 16.7. The lowest BCUT2D eigenvalue weighted by molar-refractivity contribution is -0.121. The Balaban J connectivity index is 1.47. The van der Waals surface area contributed by atoms with E-state index in [1.807, 2.05) is 42.5 Å². The van der Waals surface area contributed by atoms with Gasteiger partial charge < -0.3 is 24.1 Å². The van der Waals surface area contributed by atoms with Crippen molar-refractivity contribution in [3.63, 3.8) is 0 Å². The first kappa shape index (κ1) is 24.1. The largest absolute Gasteiger partial charge is 0.497 e. The number of aromatic nitrogens is 2. The first-order chi connectivity index (χ1) is 16.0. The van der Waals surface area contributed by atoms with Crippen molar-refractivity contribution in [2.75, 3.05) is 20.8 Å². The standard InChI is InChI=1S/C25H31N3O5/c1-17(2)13-14-32-21-10-5-18(15-22(21)31-4)16-26-23(29)11-12-24-27-25(28-33-24)19-6-8-20(30-3)9-7-19/h5-10,15,17H,11-14,16H2,1-4H3,(H,26,29). The van der Waals surface area contributed by atoms with E-state index in [9.17, 15) is 4.79 Å². The minimum absolute atomic E-state index is 0.101. The van der Waals surface area contributed by atoms with Gasteiger partial charge in [-0.15, -0.1) is 0 Å². The van der Waals surface area contributed by atoms with Gasteiger partial charge >= 0.3 is 0 Å². The molecule has 8 heteroatoms. The van der Waals surface area contributed by atoms with Gasteiger partial charge in [-0.1, -0.05) is 25.1 Å². The number of nitrogens with zero attached hydrogens (tertiary/aromatic N) is 2. The van der Waals surface area contributed by atoms with E-state index in [2.05, 4.69) is 29.3 Å². The van der Waals surface area contributed by atoms with Crippen molar-refractivity contribution in [1.82, 2.24) is 15.5 Å². The molecule has 1 N–H and O–H groups in total. The Morgan fingerprint density at radius 2 is 1.85 bits per heavy atom. The Morgan fingerprint density at radius 3 is 2.55 bits per heavy atom. The van der Waals surface area contributed by atoms with Crippen LogP contribution in [0.25, 0.3) is 11.4 Å². The lowest BCUT2D eigenvalue weighted by atomic mass is 10.1. The fraction of sp³-hybridized carbons (Fsp3) is 0.400. The van der Waals surface area contributed by atoms with E-state index in [-0.39, 0.29) is 12.3 Å². The molecule has 0 fully saturated rings. The number of carbonyl (C=O) groups excluding carboxylic acids is 1. The number of rotatable bonds is 12. The minimum atomic E-state index is -0.101. The highest BCUT2D eigenvalue weighted by Gasteiger charge is 2.12. The smallest absolute Gasteiger partial charge is 0.227 e. The Morgan fingerprint density at radius 1 is 1.06 bits per heavy atom. The molecule has 0 aliphatic carbocycles. The summed E-state index contributed by atoms with van der Waals surface area (Å²) in [5, 5.41) is 6.90. The highest BCUT2D eigenvalue weighted by atomic mass is 16.5. The van der Waals surface area contributed by atoms with E-state index in [4.69, 9.17) is 18.7 Å². The molecular formula is C25H31N3O5. The zero-order chi connectivity index (χ0) is 23.6. The maximum absolute atomic E-state index is 12.3. The summed E-state index contributed by atoms with van der Waals surface area (Å²) in [5.74, 6) is 3.49. The third-order valence-corrected chi connectivity index (χ3v) is 5.05. The molecule has 1 amide bonds. The number of benzene rings is 2. The summed E-state index contributed by atoms with van der Waals surface area (Å²) < 4.78 is 21.7. The van der Waals surface area contributed by atoms with Gasteiger partial charge in [0.15, 0.2) is 11.5 Å². The van der Waals surface area contributed by atoms with Crippen LogP contribution in [0.15, 0.2) is 47.0 Å². The zero-order valence-corrected chi connectivity index (χ0v) is 19.6. The van der Waals surface area contributed by atoms with E-state index in [0.29, 0.717) is 48.7 Å². The molecule has 176 valence electrons. The summed E-state index contributed by atoms with van der Waals surface area (Å²) in [5.41, 5.74) is 1.75. The van der Waals surface area contributed by atoms with Crippen LogP contribution < -0.4 is 19.5 Å². The summed E-state index contributed by atoms with van der Waals surface area (Å²) in [6.07, 6.45) is 1.58. The van der Waals surface area contributed by atoms with Crippen molar-refractivity contribution in [1.29, 1.82) is 0 Å². The Bertz CT molecular complexity index is 1030. The molecule has 0 aliphatic rings. The van der Waals surface area contributed by atoms with Gasteiger partial charge in [-0.25, -0.2) is 0 Å². The molecule has 0 aliphatic heterocycles. The molecule has 0 saturated heterocycles. The average Bonchev–Trinajstić information content (AvgIpc) is 3.31. The fourth-order valence-corrected chi connectivity index (χ4v) is 3.07. The van der Waals surface area contributed by atoms with Gasteiger partial charge in [-0.05, 0) is 54.3 Å². The Hall–Kier alpha value is -3.55. The summed E-state index contributed by atoms with van der Waals surface area (Å²) in [6.45, 7) is 5.34. The molecule has 0 bridgehead atoms. The zero-order valence-electron chi connectivity index (χ0n) is 19.6. The van der Waals surface area contributed by atoms with E-state index in [0.717, 1.165) is 23.3 Å². The van der Waals surface area contributed by atoms with Gasteiger partial charge in [-0.3, -0.25) is 4.79 Å². The molecule has 2 aromatic carbocycles. The van der Waals surface area contributed by atoms with E-state index < -0.39 is 0 Å². The molecule has 0 saturated carbocycles. The van der Waals surface area contributed by atoms with Gasteiger partial charge in [0, 0.05) is 24.9 Å². The van der Waals surface area contributed by atoms with Crippen LogP contribution in [-0.2, 0) is 17.8 Å². The third-order valence-electron chi connectivity index (χ3n) is 5.05. The van der Waals surface area contributed by atoms with Gasteiger partial charge in [0.25, 0.3) is 0 Å². The maximum Gasteiger partial charge on any atom is 0.227 e. The number of methoxy groups -OCH3 is 2. The molecule has 3 aromatic rings. The molecule has 8 nitrogen and oxygen atoms in total. The Labute approximate surface area is 194 Å². The number of amides is 1. The molecule has 0 radical (unpaired) electrons.